The van der Waals surface area contributed by atoms with Crippen LogP contribution in [-0.4, -0.2) is 82.0 Å². The van der Waals surface area contributed by atoms with E-state index < -0.39 is 39.5 Å². The summed E-state index contributed by atoms with van der Waals surface area (Å²) in [5.41, 5.74) is 8.15. The molecular formula is C59H85N3O6. The van der Waals surface area contributed by atoms with Crippen molar-refractivity contribution < 1.29 is 29.3 Å². The van der Waals surface area contributed by atoms with Crippen LogP contribution in [0.4, 0.5) is 0 Å². The van der Waals surface area contributed by atoms with Crippen molar-refractivity contribution in [2.24, 2.45) is 50.7 Å². The number of H-pyrrole nitrogens is 1. The van der Waals surface area contributed by atoms with Crippen molar-refractivity contribution in [3.63, 3.8) is 0 Å². The molecule has 9 nitrogen and oxygen atoms in total. The molecule has 12 atom stereocenters. The number of aryl methyl sites for hydroxylation is 2. The molecule has 0 amide bonds. The summed E-state index contributed by atoms with van der Waals surface area (Å²) in [6.07, 6.45) is 15.4. The van der Waals surface area contributed by atoms with E-state index >= 15 is 4.79 Å². The number of carbonyl (C=O) groups excluding carboxylic acids is 2. The summed E-state index contributed by atoms with van der Waals surface area (Å²) in [5, 5.41) is 29.6. The Labute approximate surface area is 407 Å². The molecule has 9 heteroatoms. The van der Waals surface area contributed by atoms with Crippen LogP contribution in [0.25, 0.3) is 11.0 Å². The molecule has 5 heterocycles. The van der Waals surface area contributed by atoms with Crippen molar-refractivity contribution in [2.75, 3.05) is 26.8 Å². The Morgan fingerprint density at radius 1 is 0.971 bits per heavy atom. The number of benzene rings is 1. The topological polar surface area (TPSA) is 129 Å². The lowest BCUT2D eigenvalue weighted by atomic mass is 9.33. The number of epoxide rings is 1. The van der Waals surface area contributed by atoms with Gasteiger partial charge in [0.05, 0.1) is 28.8 Å². The van der Waals surface area contributed by atoms with Crippen LogP contribution in [0.5, 0.6) is 0 Å². The van der Waals surface area contributed by atoms with Gasteiger partial charge in [-0.2, -0.15) is 0 Å². The van der Waals surface area contributed by atoms with Gasteiger partial charge >= 0.3 is 0 Å². The predicted octanol–water partition coefficient (Wildman–Crippen LogP) is 10.7. The molecule has 7 aliphatic rings. The fraction of sp³-hybridized carbons (Fsp3) is 0.729. The highest BCUT2D eigenvalue weighted by molar-refractivity contribution is 6.03. The van der Waals surface area contributed by atoms with Crippen LogP contribution in [0.1, 0.15) is 173 Å². The first-order valence-electron chi connectivity index (χ1n) is 27.1. The number of hydrogen-bond donors (Lipinski definition) is 4. The molecule has 5 fully saturated rings. The summed E-state index contributed by atoms with van der Waals surface area (Å²) in [4.78, 5) is 34.3. The maximum atomic E-state index is 16.2. The normalized spacial score (nSPS) is 38.4. The van der Waals surface area contributed by atoms with Gasteiger partial charge in [-0.05, 0) is 160 Å². The number of aliphatic hydroxyl groups is 2. The summed E-state index contributed by atoms with van der Waals surface area (Å²) in [7, 11) is 1.98. The third-order valence-corrected chi connectivity index (χ3v) is 20.9. The van der Waals surface area contributed by atoms with E-state index in [2.05, 4.69) is 108 Å². The third kappa shape index (κ3) is 7.37. The van der Waals surface area contributed by atoms with Crippen molar-refractivity contribution in [2.45, 2.75) is 195 Å². The quantitative estimate of drug-likeness (QED) is 0.0992. The van der Waals surface area contributed by atoms with E-state index in [1.807, 2.05) is 7.05 Å². The van der Waals surface area contributed by atoms with Crippen LogP contribution in [0.3, 0.4) is 0 Å². The average Bonchev–Trinajstić information content (AvgIpc) is 3.51. The molecular weight excluding hydrogens is 847 g/mol. The first-order valence-corrected chi connectivity index (χ1v) is 27.1. The smallest absolute Gasteiger partial charge is 0.163 e. The molecule has 372 valence electrons. The number of ether oxygens (including phenoxy) is 2. The van der Waals surface area contributed by atoms with Crippen LogP contribution in [0.15, 0.2) is 41.7 Å². The lowest BCUT2D eigenvalue weighted by Crippen LogP contribution is -2.69. The molecule has 2 aromatic heterocycles. The number of nitrogens with zero attached hydrogens (tertiary/aromatic N) is 1. The average molecular weight is 932 g/mol. The molecule has 4 aliphatic carbocycles. The molecule has 3 saturated carbocycles. The van der Waals surface area contributed by atoms with E-state index in [4.69, 9.17) is 9.47 Å². The Kier molecular flexibility index (Phi) is 12.4. The molecule has 12 unspecified atom stereocenters. The molecule has 3 aliphatic heterocycles. The number of aliphatic hydroxyl groups excluding tert-OH is 2. The molecule has 0 bridgehead atoms. The zero-order chi connectivity index (χ0) is 48.3. The Hall–Kier alpha value is -3.08. The molecule has 0 spiro atoms. The summed E-state index contributed by atoms with van der Waals surface area (Å²) in [6, 6.07) is 7.15. The Morgan fingerprint density at radius 3 is 2.43 bits per heavy atom. The number of aromatic amines is 1. The van der Waals surface area contributed by atoms with E-state index in [9.17, 15) is 15.0 Å². The summed E-state index contributed by atoms with van der Waals surface area (Å²) < 4.78 is 14.4. The highest BCUT2D eigenvalue weighted by atomic mass is 16.6. The standard InChI is InChI=1S/C59H85N3O6/c1-11-12-13-14-42-51(66)47-46-41(50(65)52-57(7)21-17-45(64)56(6,23-24-60-10)44(57)16-22-58(52,8)59(42,46)9)34-62-33-40(30-36-27-35(2)28-39(29-36)37-18-25-67-26-19-37)48-49(62)38(32-61-48)15-20-55(47,5)31-43(63)53-54(3,4)68-53/h27-29,32-33,37,41-44,50,52-53,60-61,63,65H,11-26,30-31,34H2,1-10H3. The predicted molar refractivity (Wildman–Crippen MR) is 270 cm³/mol. The lowest BCUT2D eigenvalue weighted by molar-refractivity contribution is -0.229. The van der Waals surface area contributed by atoms with Crippen LogP contribution in [0.2, 0.25) is 0 Å². The second kappa shape index (κ2) is 17.3. The highest BCUT2D eigenvalue weighted by Gasteiger charge is 2.75. The minimum Gasteiger partial charge on any atom is -0.392 e. The molecule has 3 aromatic rings. The van der Waals surface area contributed by atoms with Crippen LogP contribution in [0, 0.1) is 57.7 Å². The maximum absolute atomic E-state index is 16.2. The van der Waals surface area contributed by atoms with Gasteiger partial charge in [0.1, 0.15) is 11.9 Å². The molecule has 1 aromatic carbocycles. The molecule has 0 radical (unpaired) electrons. The summed E-state index contributed by atoms with van der Waals surface area (Å²) in [6.45, 7) is 23.4. The van der Waals surface area contributed by atoms with Crippen molar-refractivity contribution >= 4 is 22.6 Å². The van der Waals surface area contributed by atoms with Gasteiger partial charge in [-0.3, -0.25) is 9.59 Å². The van der Waals surface area contributed by atoms with Crippen molar-refractivity contribution in [3.8, 4) is 0 Å². The fourth-order valence-corrected chi connectivity index (χ4v) is 17.4. The van der Waals surface area contributed by atoms with Gasteiger partial charge in [0, 0.05) is 73.2 Å². The lowest BCUT2D eigenvalue weighted by Gasteiger charge is -2.71. The minimum atomic E-state index is -0.740. The zero-order valence-electron chi connectivity index (χ0n) is 43.4. The van der Waals surface area contributed by atoms with Crippen molar-refractivity contribution in [3.05, 3.63) is 69.6 Å². The highest BCUT2D eigenvalue weighted by Crippen LogP contribution is 2.77. The first-order chi connectivity index (χ1) is 32.3. The number of unbranched alkanes of at least 4 members (excludes halogenated alkanes) is 2. The largest absolute Gasteiger partial charge is 0.392 e. The van der Waals surface area contributed by atoms with Crippen molar-refractivity contribution in [1.82, 2.24) is 14.9 Å². The van der Waals surface area contributed by atoms with Gasteiger partial charge in [-0.15, -0.1) is 0 Å². The van der Waals surface area contributed by atoms with E-state index in [1.54, 1.807) is 0 Å². The maximum Gasteiger partial charge on any atom is 0.163 e. The number of carbonyl (C=O) groups is 2. The SMILES string of the molecule is CCCCCC1C(=O)C2=C3C(Cn4cc(Cc5cc(C)cc(C6CCOCC6)c5)c5[nH]cc(c54)CCC2(C)CC(O)C2OC2(C)C)C(O)C2C4(C)CCC(=O)C(C)(CCNC)C4CCC2(C)C31C. The summed E-state index contributed by atoms with van der Waals surface area (Å²) in [5.74, 6) is 0.598. The van der Waals surface area contributed by atoms with Gasteiger partial charge in [0.25, 0.3) is 0 Å². The van der Waals surface area contributed by atoms with Crippen LogP contribution < -0.4 is 5.32 Å². The zero-order valence-corrected chi connectivity index (χ0v) is 43.4. The Bertz CT molecular complexity index is 2470. The van der Waals surface area contributed by atoms with Crippen LogP contribution >= 0.6 is 0 Å². The van der Waals surface area contributed by atoms with Gasteiger partial charge in [-0.25, -0.2) is 0 Å². The van der Waals surface area contributed by atoms with Gasteiger partial charge < -0.3 is 34.6 Å². The first kappa shape index (κ1) is 48.5. The minimum absolute atomic E-state index is 0.122. The number of allylic oxidation sites excluding steroid dienone is 1. The second-order valence-corrected chi connectivity index (χ2v) is 25.3. The number of hydrogen-bond acceptors (Lipinski definition) is 7. The van der Waals surface area contributed by atoms with E-state index in [0.29, 0.717) is 37.5 Å². The second-order valence-electron chi connectivity index (χ2n) is 25.3. The Balaban J connectivity index is 1.16. The van der Waals surface area contributed by atoms with E-state index in [0.717, 1.165) is 108 Å². The van der Waals surface area contributed by atoms with Crippen molar-refractivity contribution in [1.29, 1.82) is 0 Å². The number of nitrogens with one attached hydrogen (secondary N) is 2. The molecule has 4 N–H and O–H groups in total. The number of Topliss-reactive ketones (excluding diaryl/α,β-unsaturated/α-hetero) is 2. The molecule has 2 saturated heterocycles. The number of ketones is 2. The van der Waals surface area contributed by atoms with Gasteiger partial charge in [0.2, 0.25) is 0 Å². The van der Waals surface area contributed by atoms with E-state index in [-0.39, 0.29) is 41.0 Å². The fourth-order valence-electron chi connectivity index (χ4n) is 17.4. The Morgan fingerprint density at radius 2 is 1.72 bits per heavy atom. The molecule has 68 heavy (non-hydrogen) atoms. The van der Waals surface area contributed by atoms with Crippen LogP contribution in [-0.2, 0) is 38.4 Å². The summed E-state index contributed by atoms with van der Waals surface area (Å²) >= 11 is 0. The van der Waals surface area contributed by atoms with Gasteiger partial charge in [0.15, 0.2) is 5.78 Å². The van der Waals surface area contributed by atoms with Gasteiger partial charge in [-0.1, -0.05) is 84.6 Å². The number of rotatable bonds is 13. The third-order valence-electron chi connectivity index (χ3n) is 20.9. The number of fused-ring (bicyclic) bond motifs is 4. The number of aromatic nitrogens is 2. The van der Waals surface area contributed by atoms with E-state index in [1.165, 1.54) is 38.9 Å². The monoisotopic (exact) mass is 932 g/mol. The molecule has 10 rings (SSSR count).